The maximum Gasteiger partial charge on any atom is 0.222 e. The van der Waals surface area contributed by atoms with Gasteiger partial charge in [0.15, 0.2) is 0 Å². The molecule has 116 valence electrons. The second-order valence-corrected chi connectivity index (χ2v) is 6.92. The standard InChI is InChI=1S/C18H22N2OS/c21-18(7-6-17-19-10-13-22-17)20-11-8-16(9-12-20)14-15-4-2-1-3-5-15/h1-5,10,13,16H,6-9,11-12,14H2. The van der Waals surface area contributed by atoms with Gasteiger partial charge in [0.1, 0.15) is 0 Å². The van der Waals surface area contributed by atoms with Crippen LogP contribution in [0, 0.1) is 5.92 Å². The molecule has 0 N–H and O–H groups in total. The lowest BCUT2D eigenvalue weighted by molar-refractivity contribution is -0.132. The van der Waals surface area contributed by atoms with E-state index in [1.807, 2.05) is 10.3 Å². The monoisotopic (exact) mass is 314 g/mol. The molecule has 1 aromatic heterocycles. The van der Waals surface area contributed by atoms with E-state index in [9.17, 15) is 4.79 Å². The summed E-state index contributed by atoms with van der Waals surface area (Å²) in [6, 6.07) is 10.7. The number of carbonyl (C=O) groups excluding carboxylic acids is 1. The molecule has 0 radical (unpaired) electrons. The number of aromatic nitrogens is 1. The third kappa shape index (κ3) is 4.17. The second kappa shape index (κ2) is 7.54. The smallest absolute Gasteiger partial charge is 0.222 e. The Balaban J connectivity index is 1.42. The van der Waals surface area contributed by atoms with E-state index in [2.05, 4.69) is 35.3 Å². The van der Waals surface area contributed by atoms with E-state index in [4.69, 9.17) is 0 Å². The highest BCUT2D eigenvalue weighted by molar-refractivity contribution is 7.09. The molecule has 1 fully saturated rings. The number of carbonyl (C=O) groups is 1. The van der Waals surface area contributed by atoms with Gasteiger partial charge in [-0.2, -0.15) is 0 Å². The number of hydrogen-bond acceptors (Lipinski definition) is 3. The van der Waals surface area contributed by atoms with Crippen LogP contribution in [0.4, 0.5) is 0 Å². The highest BCUT2D eigenvalue weighted by Gasteiger charge is 2.22. The molecule has 1 aromatic carbocycles. The maximum absolute atomic E-state index is 12.3. The zero-order chi connectivity index (χ0) is 15.2. The van der Waals surface area contributed by atoms with Crippen LogP contribution in [-0.4, -0.2) is 28.9 Å². The van der Waals surface area contributed by atoms with Crippen LogP contribution in [-0.2, 0) is 17.6 Å². The van der Waals surface area contributed by atoms with E-state index in [0.717, 1.165) is 43.8 Å². The minimum Gasteiger partial charge on any atom is -0.343 e. The first kappa shape index (κ1) is 15.2. The Kier molecular flexibility index (Phi) is 5.22. The lowest BCUT2D eigenvalue weighted by Gasteiger charge is -2.32. The Hall–Kier alpha value is -1.68. The number of hydrogen-bond donors (Lipinski definition) is 0. The van der Waals surface area contributed by atoms with Crippen LogP contribution in [0.1, 0.15) is 29.8 Å². The SMILES string of the molecule is O=C(CCc1nccs1)N1CCC(Cc2ccccc2)CC1. The highest BCUT2D eigenvalue weighted by Crippen LogP contribution is 2.22. The van der Waals surface area contributed by atoms with E-state index in [1.165, 1.54) is 5.56 Å². The number of thiazole rings is 1. The Bertz CT molecular complexity index is 574. The molecule has 4 heteroatoms. The lowest BCUT2D eigenvalue weighted by atomic mass is 9.90. The molecule has 1 aliphatic heterocycles. The molecule has 3 nitrogen and oxygen atoms in total. The van der Waals surface area contributed by atoms with Gasteiger partial charge in [0, 0.05) is 37.5 Å². The zero-order valence-electron chi connectivity index (χ0n) is 12.8. The van der Waals surface area contributed by atoms with Gasteiger partial charge in [0.2, 0.25) is 5.91 Å². The van der Waals surface area contributed by atoms with Crippen molar-refractivity contribution >= 4 is 17.2 Å². The molecule has 2 aromatic rings. The fraction of sp³-hybridized carbons (Fsp3) is 0.444. The molecular formula is C18H22N2OS. The number of likely N-dealkylation sites (tertiary alicyclic amines) is 1. The van der Waals surface area contributed by atoms with Crippen LogP contribution >= 0.6 is 11.3 Å². The van der Waals surface area contributed by atoms with Crippen molar-refractivity contribution in [2.75, 3.05) is 13.1 Å². The number of rotatable bonds is 5. The predicted octanol–water partition coefficient (Wildman–Crippen LogP) is 3.56. The molecule has 0 atom stereocenters. The minimum absolute atomic E-state index is 0.286. The van der Waals surface area contributed by atoms with Crippen molar-refractivity contribution < 1.29 is 4.79 Å². The summed E-state index contributed by atoms with van der Waals surface area (Å²) in [5.74, 6) is 0.999. The molecule has 0 spiro atoms. The number of aryl methyl sites for hydroxylation is 1. The number of amides is 1. The van der Waals surface area contributed by atoms with Gasteiger partial charge in [-0.15, -0.1) is 11.3 Å². The van der Waals surface area contributed by atoms with E-state index in [1.54, 1.807) is 17.5 Å². The van der Waals surface area contributed by atoms with E-state index in [-0.39, 0.29) is 5.91 Å². The lowest BCUT2D eigenvalue weighted by Crippen LogP contribution is -2.39. The normalized spacial score (nSPS) is 15.9. The third-order valence-corrected chi connectivity index (χ3v) is 5.21. The highest BCUT2D eigenvalue weighted by atomic mass is 32.1. The summed E-state index contributed by atoms with van der Waals surface area (Å²) in [7, 11) is 0. The first-order valence-corrected chi connectivity index (χ1v) is 8.89. The molecule has 0 aliphatic carbocycles. The Morgan fingerprint density at radius 3 is 2.68 bits per heavy atom. The fourth-order valence-electron chi connectivity index (χ4n) is 3.08. The molecule has 1 aliphatic rings. The van der Waals surface area contributed by atoms with Crippen molar-refractivity contribution in [3.05, 3.63) is 52.5 Å². The molecule has 2 heterocycles. The Labute approximate surface area is 136 Å². The van der Waals surface area contributed by atoms with Gasteiger partial charge in [-0.1, -0.05) is 30.3 Å². The van der Waals surface area contributed by atoms with Gasteiger partial charge >= 0.3 is 0 Å². The predicted molar refractivity (Wildman–Crippen MR) is 89.9 cm³/mol. The summed E-state index contributed by atoms with van der Waals surface area (Å²) in [6.45, 7) is 1.82. The summed E-state index contributed by atoms with van der Waals surface area (Å²) >= 11 is 1.63. The van der Waals surface area contributed by atoms with Crippen molar-refractivity contribution in [3.63, 3.8) is 0 Å². The summed E-state index contributed by atoms with van der Waals surface area (Å²) in [5.41, 5.74) is 1.41. The van der Waals surface area contributed by atoms with Crippen molar-refractivity contribution in [2.24, 2.45) is 5.92 Å². The Morgan fingerprint density at radius 1 is 1.23 bits per heavy atom. The molecule has 0 bridgehead atoms. The summed E-state index contributed by atoms with van der Waals surface area (Å²) in [6.07, 6.45) is 6.56. The van der Waals surface area contributed by atoms with Crippen LogP contribution in [0.25, 0.3) is 0 Å². The van der Waals surface area contributed by atoms with Crippen molar-refractivity contribution in [1.29, 1.82) is 0 Å². The van der Waals surface area contributed by atoms with Crippen LogP contribution in [0.2, 0.25) is 0 Å². The zero-order valence-corrected chi connectivity index (χ0v) is 13.6. The van der Waals surface area contributed by atoms with Crippen LogP contribution in [0.3, 0.4) is 0 Å². The molecule has 0 unspecified atom stereocenters. The number of nitrogens with zero attached hydrogens (tertiary/aromatic N) is 2. The van der Waals surface area contributed by atoms with Crippen LogP contribution < -0.4 is 0 Å². The van der Waals surface area contributed by atoms with Crippen molar-refractivity contribution in [3.8, 4) is 0 Å². The van der Waals surface area contributed by atoms with Crippen LogP contribution in [0.5, 0.6) is 0 Å². The average molecular weight is 314 g/mol. The summed E-state index contributed by atoms with van der Waals surface area (Å²) in [5, 5.41) is 3.03. The molecule has 1 saturated heterocycles. The first-order chi connectivity index (χ1) is 10.8. The topological polar surface area (TPSA) is 33.2 Å². The van der Waals surface area contributed by atoms with E-state index in [0.29, 0.717) is 12.3 Å². The maximum atomic E-state index is 12.3. The third-order valence-electron chi connectivity index (χ3n) is 4.37. The summed E-state index contributed by atoms with van der Waals surface area (Å²) < 4.78 is 0. The largest absolute Gasteiger partial charge is 0.343 e. The molecule has 22 heavy (non-hydrogen) atoms. The van der Waals surface area contributed by atoms with Gasteiger partial charge in [0.05, 0.1) is 5.01 Å². The van der Waals surface area contributed by atoms with Gasteiger partial charge in [-0.25, -0.2) is 4.98 Å². The second-order valence-electron chi connectivity index (χ2n) is 5.94. The van der Waals surface area contributed by atoms with Gasteiger partial charge < -0.3 is 4.90 Å². The van der Waals surface area contributed by atoms with Crippen molar-refractivity contribution in [1.82, 2.24) is 9.88 Å². The molecule has 1 amide bonds. The average Bonchev–Trinajstić information content (AvgIpc) is 3.08. The van der Waals surface area contributed by atoms with E-state index < -0.39 is 0 Å². The van der Waals surface area contributed by atoms with Crippen molar-refractivity contribution in [2.45, 2.75) is 32.1 Å². The van der Waals surface area contributed by atoms with Gasteiger partial charge in [-0.05, 0) is 30.7 Å². The minimum atomic E-state index is 0.286. The number of piperidine rings is 1. The van der Waals surface area contributed by atoms with E-state index >= 15 is 0 Å². The molecule has 0 saturated carbocycles. The first-order valence-electron chi connectivity index (χ1n) is 8.01. The van der Waals surface area contributed by atoms with Crippen LogP contribution in [0.15, 0.2) is 41.9 Å². The quantitative estimate of drug-likeness (QED) is 0.845. The molecular weight excluding hydrogens is 292 g/mol. The fourth-order valence-corrected chi connectivity index (χ4v) is 3.70. The molecule has 3 rings (SSSR count). The van der Waals surface area contributed by atoms with Gasteiger partial charge in [-0.3, -0.25) is 4.79 Å². The Morgan fingerprint density at radius 2 is 2.00 bits per heavy atom. The van der Waals surface area contributed by atoms with Gasteiger partial charge in [0.25, 0.3) is 0 Å². The number of benzene rings is 1. The summed E-state index contributed by atoms with van der Waals surface area (Å²) in [4.78, 5) is 18.5.